The zero-order chi connectivity index (χ0) is 25.4. The Morgan fingerprint density at radius 1 is 1.06 bits per heavy atom. The Kier molecular flexibility index (Phi) is 10.3. The number of amides is 1. The van der Waals surface area contributed by atoms with Gasteiger partial charge in [-0.3, -0.25) is 4.79 Å². The highest BCUT2D eigenvalue weighted by atomic mass is 32.2. The van der Waals surface area contributed by atoms with Gasteiger partial charge in [0.15, 0.2) is 0 Å². The molecule has 0 aliphatic carbocycles. The Labute approximate surface area is 216 Å². The van der Waals surface area contributed by atoms with Gasteiger partial charge in [-0.05, 0) is 126 Å². The van der Waals surface area contributed by atoms with Crippen molar-refractivity contribution in [2.45, 2.75) is 44.4 Å². The molecule has 0 aromatic heterocycles. The SMILES string of the molecule is COc1cc(C)c(SN(C)CCC(=O)Nc2ccc(N3CCC(CCN(C)C)CC3)cc2)c(C)c1. The second-order valence-electron chi connectivity index (χ2n) is 9.90. The van der Waals surface area contributed by atoms with E-state index in [0.717, 1.165) is 30.4 Å². The van der Waals surface area contributed by atoms with Crippen LogP contribution < -0.4 is 15.0 Å². The molecule has 0 radical (unpaired) electrons. The Morgan fingerprint density at radius 3 is 2.26 bits per heavy atom. The molecule has 0 saturated carbocycles. The Morgan fingerprint density at radius 2 is 1.69 bits per heavy atom. The van der Waals surface area contributed by atoms with Gasteiger partial charge in [-0.25, -0.2) is 4.31 Å². The van der Waals surface area contributed by atoms with Crippen LogP contribution in [0.15, 0.2) is 41.3 Å². The molecular weight excluding hydrogens is 456 g/mol. The maximum absolute atomic E-state index is 12.5. The van der Waals surface area contributed by atoms with Crippen LogP contribution in [0.2, 0.25) is 0 Å². The summed E-state index contributed by atoms with van der Waals surface area (Å²) in [5.74, 6) is 1.75. The molecule has 0 bridgehead atoms. The van der Waals surface area contributed by atoms with Gasteiger partial charge in [0.25, 0.3) is 0 Å². The van der Waals surface area contributed by atoms with E-state index in [4.69, 9.17) is 4.74 Å². The van der Waals surface area contributed by atoms with Crippen molar-refractivity contribution in [3.05, 3.63) is 47.5 Å². The number of carbonyl (C=O) groups excluding carboxylic acids is 1. The Bertz CT molecular complexity index is 933. The number of hydrogen-bond donors (Lipinski definition) is 1. The van der Waals surface area contributed by atoms with Gasteiger partial charge < -0.3 is 19.9 Å². The number of piperidine rings is 1. The van der Waals surface area contributed by atoms with Gasteiger partial charge in [0.05, 0.1) is 7.11 Å². The molecule has 1 aliphatic rings. The molecule has 6 nitrogen and oxygen atoms in total. The summed E-state index contributed by atoms with van der Waals surface area (Å²) in [7, 11) is 8.02. The monoisotopic (exact) mass is 498 g/mol. The third kappa shape index (κ3) is 8.44. The normalized spacial score (nSPS) is 14.6. The summed E-state index contributed by atoms with van der Waals surface area (Å²) in [5.41, 5.74) is 4.47. The molecule has 1 fully saturated rings. The molecule has 3 rings (SSSR count). The Hall–Kier alpha value is -2.22. The number of benzene rings is 2. The van der Waals surface area contributed by atoms with E-state index in [1.54, 1.807) is 19.1 Å². The van der Waals surface area contributed by atoms with Crippen molar-refractivity contribution < 1.29 is 9.53 Å². The van der Waals surface area contributed by atoms with Gasteiger partial charge >= 0.3 is 0 Å². The fourth-order valence-electron chi connectivity index (χ4n) is 4.53. The molecule has 1 aliphatic heterocycles. The first kappa shape index (κ1) is 27.4. The number of carbonyl (C=O) groups is 1. The van der Waals surface area contributed by atoms with E-state index in [1.165, 1.54) is 47.5 Å². The molecule has 2 aromatic rings. The van der Waals surface area contributed by atoms with Gasteiger partial charge in [-0.15, -0.1) is 0 Å². The molecule has 0 spiro atoms. The predicted molar refractivity (Wildman–Crippen MR) is 149 cm³/mol. The molecule has 1 heterocycles. The molecule has 1 saturated heterocycles. The smallest absolute Gasteiger partial charge is 0.225 e. The quantitative estimate of drug-likeness (QED) is 0.416. The topological polar surface area (TPSA) is 48.1 Å². The van der Waals surface area contributed by atoms with Crippen LogP contribution in [0.1, 0.15) is 36.8 Å². The number of aryl methyl sites for hydroxylation is 2. The fraction of sp³-hybridized carbons (Fsp3) is 0.536. The predicted octanol–water partition coefficient (Wildman–Crippen LogP) is 5.45. The number of nitrogens with one attached hydrogen (secondary N) is 1. The van der Waals surface area contributed by atoms with Crippen molar-refractivity contribution >= 4 is 29.2 Å². The lowest BCUT2D eigenvalue weighted by atomic mass is 9.93. The lowest BCUT2D eigenvalue weighted by Gasteiger charge is -2.34. The zero-order valence-electron chi connectivity index (χ0n) is 22.3. The van der Waals surface area contributed by atoms with Gasteiger partial charge in [-0.2, -0.15) is 0 Å². The van der Waals surface area contributed by atoms with E-state index in [0.29, 0.717) is 13.0 Å². The molecule has 7 heteroatoms. The lowest BCUT2D eigenvalue weighted by molar-refractivity contribution is -0.116. The molecule has 0 atom stereocenters. The van der Waals surface area contributed by atoms with Crippen molar-refractivity contribution in [3.63, 3.8) is 0 Å². The first-order valence-electron chi connectivity index (χ1n) is 12.6. The van der Waals surface area contributed by atoms with Crippen molar-refractivity contribution in [1.82, 2.24) is 9.21 Å². The van der Waals surface area contributed by atoms with Gasteiger partial charge in [0.1, 0.15) is 5.75 Å². The first-order valence-corrected chi connectivity index (χ1v) is 13.4. The van der Waals surface area contributed by atoms with Crippen LogP contribution in [-0.2, 0) is 4.79 Å². The molecule has 192 valence electrons. The van der Waals surface area contributed by atoms with Gasteiger partial charge in [0.2, 0.25) is 5.91 Å². The number of anilines is 2. The average molecular weight is 499 g/mol. The van der Waals surface area contributed by atoms with Crippen LogP contribution in [0, 0.1) is 19.8 Å². The summed E-state index contributed by atoms with van der Waals surface area (Å²) in [4.78, 5) is 18.5. The van der Waals surface area contributed by atoms with Crippen molar-refractivity contribution in [2.24, 2.45) is 5.92 Å². The lowest BCUT2D eigenvalue weighted by Crippen LogP contribution is -2.34. The summed E-state index contributed by atoms with van der Waals surface area (Å²) in [6.07, 6.45) is 4.25. The van der Waals surface area contributed by atoms with E-state index in [-0.39, 0.29) is 5.91 Å². The maximum atomic E-state index is 12.5. The minimum Gasteiger partial charge on any atom is -0.497 e. The average Bonchev–Trinajstić information content (AvgIpc) is 2.84. The summed E-state index contributed by atoms with van der Waals surface area (Å²) in [5, 5.41) is 3.05. The number of ether oxygens (including phenoxy) is 1. The number of methoxy groups -OCH3 is 1. The van der Waals surface area contributed by atoms with Crippen LogP contribution in [0.4, 0.5) is 11.4 Å². The van der Waals surface area contributed by atoms with Crippen LogP contribution in [0.25, 0.3) is 0 Å². The van der Waals surface area contributed by atoms with Crippen molar-refractivity contribution in [3.8, 4) is 5.75 Å². The van der Waals surface area contributed by atoms with Crippen LogP contribution in [-0.4, -0.2) is 69.5 Å². The third-order valence-electron chi connectivity index (χ3n) is 6.69. The highest BCUT2D eigenvalue weighted by Crippen LogP contribution is 2.32. The zero-order valence-corrected chi connectivity index (χ0v) is 23.1. The minimum atomic E-state index is 0.0371. The van der Waals surface area contributed by atoms with E-state index >= 15 is 0 Å². The molecule has 35 heavy (non-hydrogen) atoms. The number of hydrogen-bond acceptors (Lipinski definition) is 6. The summed E-state index contributed by atoms with van der Waals surface area (Å²) in [6.45, 7) is 8.25. The molecular formula is C28H42N4O2S. The molecule has 2 aromatic carbocycles. The number of nitrogens with zero attached hydrogens (tertiary/aromatic N) is 3. The van der Waals surface area contributed by atoms with Gasteiger partial charge in [-0.1, -0.05) is 0 Å². The minimum absolute atomic E-state index is 0.0371. The summed E-state index contributed by atoms with van der Waals surface area (Å²) in [6, 6.07) is 12.4. The molecule has 1 N–H and O–H groups in total. The second kappa shape index (κ2) is 13.2. The highest BCUT2D eigenvalue weighted by molar-refractivity contribution is 7.97. The standard InChI is InChI=1S/C28H42N4O2S/c1-21-19-26(34-6)20-22(2)28(21)35-31(5)16-14-27(33)29-24-7-9-25(10-8-24)32-17-12-23(13-18-32)11-15-30(3)4/h7-10,19-20,23H,11-18H2,1-6H3,(H,29,33). The summed E-state index contributed by atoms with van der Waals surface area (Å²) >= 11 is 1.68. The van der Waals surface area contributed by atoms with Crippen molar-refractivity contribution in [2.75, 3.05) is 64.6 Å². The van der Waals surface area contributed by atoms with Gasteiger partial charge in [0, 0.05) is 42.3 Å². The van der Waals surface area contributed by atoms with Crippen LogP contribution >= 0.6 is 11.9 Å². The first-order chi connectivity index (χ1) is 16.7. The molecule has 1 amide bonds. The number of rotatable bonds is 11. The highest BCUT2D eigenvalue weighted by Gasteiger charge is 2.19. The van der Waals surface area contributed by atoms with E-state index in [2.05, 4.69) is 59.5 Å². The van der Waals surface area contributed by atoms with E-state index in [1.807, 2.05) is 31.3 Å². The van der Waals surface area contributed by atoms with Crippen LogP contribution in [0.3, 0.4) is 0 Å². The molecule has 0 unspecified atom stereocenters. The largest absolute Gasteiger partial charge is 0.497 e. The third-order valence-corrected chi connectivity index (χ3v) is 8.01. The van der Waals surface area contributed by atoms with Crippen molar-refractivity contribution in [1.29, 1.82) is 0 Å². The fourth-order valence-corrected chi connectivity index (χ4v) is 5.43. The Balaban J connectivity index is 1.42. The van der Waals surface area contributed by atoms with E-state index in [9.17, 15) is 4.79 Å². The second-order valence-corrected chi connectivity index (χ2v) is 11.1. The summed E-state index contributed by atoms with van der Waals surface area (Å²) < 4.78 is 7.47. The van der Waals surface area contributed by atoms with Crippen LogP contribution in [0.5, 0.6) is 5.75 Å². The van der Waals surface area contributed by atoms with E-state index < -0.39 is 0 Å². The maximum Gasteiger partial charge on any atom is 0.225 e.